The van der Waals surface area contributed by atoms with Crippen LogP contribution >= 0.6 is 0 Å². The Bertz CT molecular complexity index is 161. The second kappa shape index (κ2) is 4.30. The van der Waals surface area contributed by atoms with E-state index in [4.69, 9.17) is 4.74 Å². The minimum Gasteiger partial charge on any atom is -0.379 e. The van der Waals surface area contributed by atoms with Crippen molar-refractivity contribution < 1.29 is 9.53 Å². The summed E-state index contributed by atoms with van der Waals surface area (Å²) in [6.07, 6.45) is 0. The van der Waals surface area contributed by atoms with Crippen LogP contribution < -0.4 is 5.32 Å². The Morgan fingerprint density at radius 2 is 2.42 bits per heavy atom. The third kappa shape index (κ3) is 2.37. The highest BCUT2D eigenvalue weighted by atomic mass is 16.5. The summed E-state index contributed by atoms with van der Waals surface area (Å²) >= 11 is 0. The lowest BCUT2D eigenvalue weighted by Gasteiger charge is -2.20. The van der Waals surface area contributed by atoms with E-state index in [0.29, 0.717) is 19.1 Å². The lowest BCUT2D eigenvalue weighted by Crippen LogP contribution is -2.40. The molecule has 0 radical (unpaired) electrons. The maximum atomic E-state index is 11.2. The molecule has 70 valence electrons. The lowest BCUT2D eigenvalue weighted by atomic mass is 10.2. The van der Waals surface area contributed by atoms with Crippen molar-refractivity contribution in [3.63, 3.8) is 0 Å². The van der Waals surface area contributed by atoms with Crippen LogP contribution in [0.3, 0.4) is 0 Å². The number of ether oxygens (including phenoxy) is 1. The van der Waals surface area contributed by atoms with Crippen molar-refractivity contribution in [3.8, 4) is 0 Å². The van der Waals surface area contributed by atoms with Gasteiger partial charge in [-0.1, -0.05) is 6.92 Å². The van der Waals surface area contributed by atoms with Gasteiger partial charge in [-0.05, 0) is 5.92 Å². The second-order valence-electron chi connectivity index (χ2n) is 3.18. The fourth-order valence-electron chi connectivity index (χ4n) is 1.32. The molecule has 0 bridgehead atoms. The summed E-state index contributed by atoms with van der Waals surface area (Å²) in [6, 6.07) is -0.00708. The van der Waals surface area contributed by atoms with Crippen LogP contribution in [0.5, 0.6) is 0 Å². The van der Waals surface area contributed by atoms with Crippen LogP contribution in [0.25, 0.3) is 0 Å². The van der Waals surface area contributed by atoms with E-state index in [9.17, 15) is 4.79 Å². The average molecular weight is 172 g/mol. The van der Waals surface area contributed by atoms with E-state index in [1.807, 2.05) is 0 Å². The van der Waals surface area contributed by atoms with Gasteiger partial charge in [0.1, 0.15) is 0 Å². The standard InChI is InChI=1S/C8H16N2O2/c1-7-5-10(8(11)9-2)3-4-12-6-7/h7H,3-6H2,1-2H3,(H,9,11). The molecule has 1 fully saturated rings. The Morgan fingerprint density at radius 3 is 3.08 bits per heavy atom. The highest BCUT2D eigenvalue weighted by Crippen LogP contribution is 2.05. The molecule has 1 aliphatic rings. The number of rotatable bonds is 0. The van der Waals surface area contributed by atoms with Gasteiger partial charge in [-0.3, -0.25) is 0 Å². The fraction of sp³-hybridized carbons (Fsp3) is 0.875. The first-order chi connectivity index (χ1) is 5.74. The van der Waals surface area contributed by atoms with E-state index < -0.39 is 0 Å². The molecule has 0 spiro atoms. The van der Waals surface area contributed by atoms with E-state index in [2.05, 4.69) is 12.2 Å². The summed E-state index contributed by atoms with van der Waals surface area (Å²) in [5.41, 5.74) is 0. The first kappa shape index (κ1) is 9.32. The monoisotopic (exact) mass is 172 g/mol. The highest BCUT2D eigenvalue weighted by molar-refractivity contribution is 5.73. The third-order valence-electron chi connectivity index (χ3n) is 1.94. The van der Waals surface area contributed by atoms with Crippen LogP contribution in [0, 0.1) is 5.92 Å². The Morgan fingerprint density at radius 1 is 1.67 bits per heavy atom. The predicted molar refractivity (Wildman–Crippen MR) is 46.0 cm³/mol. The Hall–Kier alpha value is -0.770. The summed E-state index contributed by atoms with van der Waals surface area (Å²) in [5.74, 6) is 0.435. The minimum atomic E-state index is -0.00708. The largest absolute Gasteiger partial charge is 0.379 e. The van der Waals surface area contributed by atoms with E-state index in [-0.39, 0.29) is 6.03 Å². The van der Waals surface area contributed by atoms with Gasteiger partial charge in [0.15, 0.2) is 0 Å². The zero-order valence-corrected chi connectivity index (χ0v) is 7.67. The van der Waals surface area contributed by atoms with E-state index in [1.165, 1.54) is 0 Å². The van der Waals surface area contributed by atoms with Crippen molar-refractivity contribution in [3.05, 3.63) is 0 Å². The maximum absolute atomic E-state index is 11.2. The summed E-state index contributed by atoms with van der Waals surface area (Å²) in [6.45, 7) is 4.98. The van der Waals surface area contributed by atoms with Crippen molar-refractivity contribution in [2.24, 2.45) is 5.92 Å². The predicted octanol–water partition coefficient (Wildman–Crippen LogP) is 0.294. The molecule has 1 N–H and O–H groups in total. The van der Waals surface area contributed by atoms with Crippen LogP contribution in [-0.4, -0.2) is 44.3 Å². The molecular formula is C8H16N2O2. The smallest absolute Gasteiger partial charge is 0.317 e. The molecule has 1 heterocycles. The molecule has 1 rings (SSSR count). The Balaban J connectivity index is 2.46. The summed E-state index contributed by atoms with van der Waals surface area (Å²) in [7, 11) is 1.65. The average Bonchev–Trinajstić information content (AvgIpc) is 2.28. The van der Waals surface area contributed by atoms with Gasteiger partial charge in [0, 0.05) is 20.1 Å². The van der Waals surface area contributed by atoms with E-state index in [1.54, 1.807) is 11.9 Å². The molecule has 1 saturated heterocycles. The van der Waals surface area contributed by atoms with Crippen molar-refractivity contribution in [2.45, 2.75) is 6.92 Å². The van der Waals surface area contributed by atoms with Gasteiger partial charge in [0.2, 0.25) is 0 Å². The number of nitrogens with one attached hydrogen (secondary N) is 1. The number of urea groups is 1. The van der Waals surface area contributed by atoms with Gasteiger partial charge in [-0.2, -0.15) is 0 Å². The molecule has 0 aliphatic carbocycles. The lowest BCUT2D eigenvalue weighted by molar-refractivity contribution is 0.126. The molecule has 1 unspecified atom stereocenters. The highest BCUT2D eigenvalue weighted by Gasteiger charge is 2.18. The zero-order chi connectivity index (χ0) is 8.97. The van der Waals surface area contributed by atoms with Crippen molar-refractivity contribution in [2.75, 3.05) is 33.4 Å². The van der Waals surface area contributed by atoms with Crippen LogP contribution in [0.4, 0.5) is 4.79 Å². The summed E-state index contributed by atoms with van der Waals surface area (Å²) < 4.78 is 5.31. The van der Waals surface area contributed by atoms with Crippen LogP contribution in [-0.2, 0) is 4.74 Å². The molecule has 4 heteroatoms. The molecule has 4 nitrogen and oxygen atoms in total. The van der Waals surface area contributed by atoms with Gasteiger partial charge in [-0.15, -0.1) is 0 Å². The fourth-order valence-corrected chi connectivity index (χ4v) is 1.32. The summed E-state index contributed by atoms with van der Waals surface area (Å²) in [5, 5.41) is 2.61. The molecule has 0 aromatic rings. The minimum absolute atomic E-state index is 0.00708. The van der Waals surface area contributed by atoms with Gasteiger partial charge in [0.25, 0.3) is 0 Å². The number of nitrogens with zero attached hydrogens (tertiary/aromatic N) is 1. The topological polar surface area (TPSA) is 41.6 Å². The normalized spacial score (nSPS) is 24.8. The Labute approximate surface area is 72.9 Å². The second-order valence-corrected chi connectivity index (χ2v) is 3.18. The zero-order valence-electron chi connectivity index (χ0n) is 7.67. The maximum Gasteiger partial charge on any atom is 0.317 e. The van der Waals surface area contributed by atoms with Crippen LogP contribution in [0.15, 0.2) is 0 Å². The number of carbonyl (C=O) groups is 1. The number of amides is 2. The number of carbonyl (C=O) groups excluding carboxylic acids is 1. The van der Waals surface area contributed by atoms with Crippen molar-refractivity contribution in [1.82, 2.24) is 10.2 Å². The van der Waals surface area contributed by atoms with Crippen LogP contribution in [0.2, 0.25) is 0 Å². The van der Waals surface area contributed by atoms with Gasteiger partial charge < -0.3 is 15.0 Å². The third-order valence-corrected chi connectivity index (χ3v) is 1.94. The molecule has 2 amide bonds. The first-order valence-electron chi connectivity index (χ1n) is 4.28. The molecule has 1 atom stereocenters. The molecule has 0 aromatic carbocycles. The van der Waals surface area contributed by atoms with E-state index >= 15 is 0 Å². The van der Waals surface area contributed by atoms with Gasteiger partial charge in [-0.25, -0.2) is 4.79 Å². The molecule has 0 saturated carbocycles. The molecule has 1 aliphatic heterocycles. The van der Waals surface area contributed by atoms with E-state index in [0.717, 1.165) is 13.2 Å². The molecule has 12 heavy (non-hydrogen) atoms. The van der Waals surface area contributed by atoms with Crippen LogP contribution in [0.1, 0.15) is 6.92 Å². The van der Waals surface area contributed by atoms with Gasteiger partial charge in [0.05, 0.1) is 13.2 Å². The van der Waals surface area contributed by atoms with Crippen molar-refractivity contribution >= 4 is 6.03 Å². The van der Waals surface area contributed by atoms with Crippen molar-refractivity contribution in [1.29, 1.82) is 0 Å². The number of hydrogen-bond acceptors (Lipinski definition) is 2. The number of hydrogen-bond donors (Lipinski definition) is 1. The quantitative estimate of drug-likeness (QED) is 0.570. The Kier molecular flexibility index (Phi) is 3.34. The molecule has 0 aromatic heterocycles. The SMILES string of the molecule is CNC(=O)N1CCOCC(C)C1. The summed E-state index contributed by atoms with van der Waals surface area (Å²) in [4.78, 5) is 13.0. The first-order valence-corrected chi connectivity index (χ1v) is 4.28. The van der Waals surface area contributed by atoms with Gasteiger partial charge >= 0.3 is 6.03 Å². The molecular weight excluding hydrogens is 156 g/mol.